The molecule has 0 fully saturated rings. The molecule has 2 heterocycles. The van der Waals surface area contributed by atoms with E-state index in [2.05, 4.69) is 9.97 Å². The van der Waals surface area contributed by atoms with Gasteiger partial charge in [-0.25, -0.2) is 14.8 Å². The molecule has 0 amide bonds. The lowest BCUT2D eigenvalue weighted by atomic mass is 10.1. The highest BCUT2D eigenvalue weighted by molar-refractivity contribution is 5.91. The van der Waals surface area contributed by atoms with Gasteiger partial charge in [0, 0.05) is 25.5 Å². The van der Waals surface area contributed by atoms with Crippen molar-refractivity contribution in [3.63, 3.8) is 0 Å². The first kappa shape index (κ1) is 10.7. The van der Waals surface area contributed by atoms with Crippen molar-refractivity contribution in [2.45, 2.75) is 13.1 Å². The maximum atomic E-state index is 11.1. The van der Waals surface area contributed by atoms with Gasteiger partial charge in [-0.05, 0) is 11.1 Å². The molecular weight excluding hydrogens is 230 g/mol. The molecule has 1 aliphatic heterocycles. The van der Waals surface area contributed by atoms with E-state index in [0.717, 1.165) is 0 Å². The fraction of sp³-hybridized carbons (Fsp3) is 0.154. The fourth-order valence-electron chi connectivity index (χ4n) is 2.20. The summed E-state index contributed by atoms with van der Waals surface area (Å²) < 4.78 is 0. The molecule has 5 heteroatoms. The minimum atomic E-state index is -1.05. The number of carbonyl (C=O) groups is 1. The highest BCUT2D eigenvalue weighted by Crippen LogP contribution is 2.27. The van der Waals surface area contributed by atoms with E-state index in [9.17, 15) is 4.79 Å². The average Bonchev–Trinajstić information content (AvgIpc) is 2.82. The highest BCUT2D eigenvalue weighted by Gasteiger charge is 2.24. The number of carboxylic acid groups (broad SMARTS) is 1. The number of anilines is 1. The quantitative estimate of drug-likeness (QED) is 0.866. The van der Waals surface area contributed by atoms with Gasteiger partial charge in [0.25, 0.3) is 0 Å². The molecule has 0 atom stereocenters. The van der Waals surface area contributed by atoms with Crippen LogP contribution in [0.25, 0.3) is 0 Å². The van der Waals surface area contributed by atoms with Gasteiger partial charge in [0.15, 0.2) is 11.5 Å². The fourth-order valence-corrected chi connectivity index (χ4v) is 2.20. The van der Waals surface area contributed by atoms with Gasteiger partial charge in [0.1, 0.15) is 0 Å². The van der Waals surface area contributed by atoms with Crippen LogP contribution in [0, 0.1) is 0 Å². The van der Waals surface area contributed by atoms with Crippen molar-refractivity contribution in [3.8, 4) is 0 Å². The van der Waals surface area contributed by atoms with E-state index in [0.29, 0.717) is 18.9 Å². The zero-order valence-electron chi connectivity index (χ0n) is 9.58. The predicted octanol–water partition coefficient (Wildman–Crippen LogP) is 1.69. The minimum absolute atomic E-state index is 0.00491. The number of carboxylic acids is 1. The number of nitrogens with zero attached hydrogens (tertiary/aromatic N) is 3. The molecule has 0 saturated carbocycles. The highest BCUT2D eigenvalue weighted by atomic mass is 16.4. The summed E-state index contributed by atoms with van der Waals surface area (Å²) in [6.07, 6.45) is 2.92. The van der Waals surface area contributed by atoms with E-state index >= 15 is 0 Å². The summed E-state index contributed by atoms with van der Waals surface area (Å²) >= 11 is 0. The Morgan fingerprint density at radius 3 is 2.33 bits per heavy atom. The number of benzene rings is 1. The van der Waals surface area contributed by atoms with Crippen molar-refractivity contribution in [1.29, 1.82) is 0 Å². The normalized spacial score (nSPS) is 13.4. The number of hydrogen-bond acceptors (Lipinski definition) is 4. The summed E-state index contributed by atoms with van der Waals surface area (Å²) in [4.78, 5) is 21.1. The van der Waals surface area contributed by atoms with E-state index in [1.165, 1.54) is 23.5 Å². The number of fused-ring (bicyclic) bond motifs is 1. The van der Waals surface area contributed by atoms with E-state index in [4.69, 9.17) is 5.11 Å². The number of aromatic carboxylic acids is 1. The summed E-state index contributed by atoms with van der Waals surface area (Å²) in [7, 11) is 0. The van der Waals surface area contributed by atoms with Gasteiger partial charge in [-0.15, -0.1) is 0 Å². The van der Waals surface area contributed by atoms with Crippen LogP contribution in [0.2, 0.25) is 0 Å². The summed E-state index contributed by atoms with van der Waals surface area (Å²) in [6.45, 7) is 1.35. The molecule has 0 saturated heterocycles. The van der Waals surface area contributed by atoms with Crippen molar-refractivity contribution >= 4 is 11.8 Å². The molecule has 1 aromatic heterocycles. The van der Waals surface area contributed by atoms with Crippen LogP contribution in [-0.4, -0.2) is 21.0 Å². The summed E-state index contributed by atoms with van der Waals surface area (Å²) in [5.74, 6) is -0.616. The zero-order valence-corrected chi connectivity index (χ0v) is 9.58. The van der Waals surface area contributed by atoms with Crippen LogP contribution in [0.3, 0.4) is 0 Å². The molecule has 2 aromatic rings. The topological polar surface area (TPSA) is 66.3 Å². The van der Waals surface area contributed by atoms with Gasteiger partial charge in [-0.2, -0.15) is 0 Å². The molecular formula is C13H11N3O2. The minimum Gasteiger partial charge on any atom is -0.476 e. The van der Waals surface area contributed by atoms with Gasteiger partial charge in [0.2, 0.25) is 0 Å². The molecule has 18 heavy (non-hydrogen) atoms. The summed E-state index contributed by atoms with van der Waals surface area (Å²) in [6, 6.07) is 8.06. The third-order valence-electron chi connectivity index (χ3n) is 3.02. The van der Waals surface area contributed by atoms with E-state index in [-0.39, 0.29) is 5.69 Å². The van der Waals surface area contributed by atoms with Gasteiger partial charge >= 0.3 is 5.97 Å². The standard InChI is InChI=1S/C13H11N3O2/c17-13(18)11-12(15-6-5-14-11)16-7-9-3-1-2-4-10(9)8-16/h1-6H,7-8H2,(H,17,18). The molecule has 0 aliphatic carbocycles. The third-order valence-corrected chi connectivity index (χ3v) is 3.02. The van der Waals surface area contributed by atoms with Crippen LogP contribution in [0.4, 0.5) is 5.82 Å². The Balaban J connectivity index is 1.98. The van der Waals surface area contributed by atoms with Crippen LogP contribution in [0.15, 0.2) is 36.7 Å². The van der Waals surface area contributed by atoms with Crippen molar-refractivity contribution in [3.05, 3.63) is 53.5 Å². The first-order chi connectivity index (χ1) is 8.75. The smallest absolute Gasteiger partial charge is 0.358 e. The molecule has 0 spiro atoms. The number of hydrogen-bond donors (Lipinski definition) is 1. The molecule has 1 N–H and O–H groups in total. The Bertz CT molecular complexity index is 588. The number of aromatic nitrogens is 2. The molecule has 5 nitrogen and oxygen atoms in total. The zero-order chi connectivity index (χ0) is 12.5. The maximum Gasteiger partial charge on any atom is 0.358 e. The van der Waals surface area contributed by atoms with Crippen molar-refractivity contribution in [2.24, 2.45) is 0 Å². The van der Waals surface area contributed by atoms with Crippen molar-refractivity contribution in [1.82, 2.24) is 9.97 Å². The maximum absolute atomic E-state index is 11.1. The van der Waals surface area contributed by atoms with Gasteiger partial charge in [0.05, 0.1) is 0 Å². The second-order valence-electron chi connectivity index (χ2n) is 4.16. The van der Waals surface area contributed by atoms with Gasteiger partial charge in [-0.3, -0.25) is 0 Å². The Hall–Kier alpha value is -2.43. The lowest BCUT2D eigenvalue weighted by Gasteiger charge is -2.17. The average molecular weight is 241 g/mol. The van der Waals surface area contributed by atoms with Crippen molar-refractivity contribution < 1.29 is 9.90 Å². The third kappa shape index (κ3) is 1.69. The first-order valence-corrected chi connectivity index (χ1v) is 5.62. The van der Waals surface area contributed by atoms with Crippen LogP contribution >= 0.6 is 0 Å². The van der Waals surface area contributed by atoms with Crippen LogP contribution < -0.4 is 4.90 Å². The van der Waals surface area contributed by atoms with Crippen LogP contribution in [0.5, 0.6) is 0 Å². The van der Waals surface area contributed by atoms with E-state index in [1.807, 2.05) is 29.2 Å². The van der Waals surface area contributed by atoms with Crippen LogP contribution in [0.1, 0.15) is 21.6 Å². The Labute approximate surface area is 104 Å². The predicted molar refractivity (Wildman–Crippen MR) is 65.3 cm³/mol. The Morgan fingerprint density at radius 1 is 1.11 bits per heavy atom. The lowest BCUT2D eigenvalue weighted by Crippen LogP contribution is -2.20. The second kappa shape index (κ2) is 4.10. The molecule has 1 aliphatic rings. The van der Waals surface area contributed by atoms with Gasteiger partial charge in [-0.1, -0.05) is 24.3 Å². The summed E-state index contributed by atoms with van der Waals surface area (Å²) in [5, 5.41) is 9.11. The Morgan fingerprint density at radius 2 is 1.72 bits per heavy atom. The largest absolute Gasteiger partial charge is 0.476 e. The molecule has 0 unspecified atom stereocenters. The Kier molecular flexibility index (Phi) is 2.44. The van der Waals surface area contributed by atoms with E-state index < -0.39 is 5.97 Å². The van der Waals surface area contributed by atoms with E-state index in [1.54, 1.807) is 0 Å². The number of rotatable bonds is 2. The van der Waals surface area contributed by atoms with Gasteiger partial charge < -0.3 is 10.0 Å². The van der Waals surface area contributed by atoms with Crippen molar-refractivity contribution in [2.75, 3.05) is 4.90 Å². The summed E-state index contributed by atoms with van der Waals surface area (Å²) in [5.41, 5.74) is 2.42. The molecule has 0 radical (unpaired) electrons. The molecule has 90 valence electrons. The molecule has 0 bridgehead atoms. The second-order valence-corrected chi connectivity index (χ2v) is 4.16. The van der Waals surface area contributed by atoms with Crippen LogP contribution in [-0.2, 0) is 13.1 Å². The first-order valence-electron chi connectivity index (χ1n) is 5.62. The monoisotopic (exact) mass is 241 g/mol. The SMILES string of the molecule is O=C(O)c1nccnc1N1Cc2ccccc2C1. The molecule has 3 rings (SSSR count). The lowest BCUT2D eigenvalue weighted by molar-refractivity contribution is 0.0690. The molecule has 1 aromatic carbocycles.